The predicted molar refractivity (Wildman–Crippen MR) is 151 cm³/mol. The molecule has 8 heteroatoms. The van der Waals surface area contributed by atoms with Crippen molar-refractivity contribution in [2.24, 2.45) is 5.92 Å². The number of rotatable bonds is 6. The maximum absolute atomic E-state index is 4.91. The number of hydrogen-bond acceptors (Lipinski definition) is 6. The monoisotopic (exact) mass is 502 g/mol. The molecule has 0 amide bonds. The van der Waals surface area contributed by atoms with Crippen molar-refractivity contribution in [1.82, 2.24) is 40.4 Å². The molecular weight excluding hydrogens is 472 g/mol. The second kappa shape index (κ2) is 10.5. The minimum Gasteiger partial charge on any atom is -0.336 e. The molecule has 1 aliphatic rings. The van der Waals surface area contributed by atoms with Crippen molar-refractivity contribution in [2.45, 2.75) is 26.2 Å². The summed E-state index contributed by atoms with van der Waals surface area (Å²) in [5.41, 5.74) is 7.00. The number of imidazole rings is 1. The molecule has 6 heterocycles. The molecule has 6 rings (SSSR count). The quantitative estimate of drug-likeness (QED) is 0.327. The van der Waals surface area contributed by atoms with E-state index >= 15 is 0 Å². The van der Waals surface area contributed by atoms with Crippen LogP contribution in [0.1, 0.15) is 30.9 Å². The minimum atomic E-state index is 0.659. The van der Waals surface area contributed by atoms with Crippen LogP contribution in [0.25, 0.3) is 51.7 Å². The largest absolute Gasteiger partial charge is 0.336 e. The van der Waals surface area contributed by atoms with Gasteiger partial charge in [-0.05, 0) is 92.2 Å². The molecule has 0 atom stereocenters. The van der Waals surface area contributed by atoms with E-state index < -0.39 is 0 Å². The third kappa shape index (κ3) is 4.78. The minimum absolute atomic E-state index is 0.659. The Balaban J connectivity index is 1.37. The number of nitrogens with zero attached hydrogens (tertiary/aromatic N) is 5. The second-order valence-corrected chi connectivity index (χ2v) is 9.69. The van der Waals surface area contributed by atoms with Gasteiger partial charge in [0.05, 0.1) is 16.6 Å². The molecule has 190 valence electrons. The lowest BCUT2D eigenvalue weighted by Crippen LogP contribution is -2.28. The first-order valence-electron chi connectivity index (χ1n) is 13.0. The van der Waals surface area contributed by atoms with E-state index in [0.717, 1.165) is 69.3 Å². The van der Waals surface area contributed by atoms with Crippen LogP contribution in [0, 0.1) is 5.92 Å². The third-order valence-corrected chi connectivity index (χ3v) is 7.12. The van der Waals surface area contributed by atoms with E-state index in [4.69, 9.17) is 4.98 Å². The number of allylic oxidation sites excluding steroid dienone is 1. The standard InChI is InChI=1S/C30H30N8/c1-3-24-23(14-19(2)22-16-21(17-32-18-22)15-20-7-11-31-12-8-20)27(38-37-24)30-35-26-9-13-34-28(29(26)36-30)25-6-4-5-10-33-25/h3-6,9-10,13-14,16-18,20,31,37H,2,7-8,11-12,15H2,1H3,(H,35,36)/b23-14+,24-3+. The van der Waals surface area contributed by atoms with Gasteiger partial charge in [-0.25, -0.2) is 4.98 Å². The van der Waals surface area contributed by atoms with Gasteiger partial charge in [0.1, 0.15) is 16.9 Å². The Bertz CT molecular complexity index is 1710. The topological polar surface area (TPSA) is 108 Å². The summed E-state index contributed by atoms with van der Waals surface area (Å²) in [6, 6.07) is 9.90. The smallest absolute Gasteiger partial charge is 0.159 e. The lowest BCUT2D eigenvalue weighted by Gasteiger charge is -2.22. The van der Waals surface area contributed by atoms with Crippen LogP contribution in [0.5, 0.6) is 0 Å². The summed E-state index contributed by atoms with van der Waals surface area (Å²) in [5.74, 6) is 1.36. The van der Waals surface area contributed by atoms with Gasteiger partial charge in [0, 0.05) is 30.0 Å². The van der Waals surface area contributed by atoms with Crippen molar-refractivity contribution in [3.05, 3.63) is 83.4 Å². The zero-order chi connectivity index (χ0) is 25.9. The average molecular weight is 503 g/mol. The molecule has 0 bridgehead atoms. The predicted octanol–water partition coefficient (Wildman–Crippen LogP) is 3.64. The van der Waals surface area contributed by atoms with Crippen LogP contribution >= 0.6 is 0 Å². The van der Waals surface area contributed by atoms with Crippen molar-refractivity contribution >= 4 is 28.8 Å². The number of nitrogens with one attached hydrogen (secondary N) is 3. The van der Waals surface area contributed by atoms with Crippen LogP contribution in [-0.2, 0) is 6.42 Å². The number of pyridine rings is 3. The first-order chi connectivity index (χ1) is 18.7. The molecule has 0 radical (unpaired) electrons. The van der Waals surface area contributed by atoms with Gasteiger partial charge in [0.2, 0.25) is 0 Å². The first kappa shape index (κ1) is 23.9. The van der Waals surface area contributed by atoms with Gasteiger partial charge in [0.15, 0.2) is 5.82 Å². The SMILES string of the molecule is C=C(/C=c1/c(-c2nc3c(-c4ccccn4)nccc3[nH]2)n[nH]/c1=C/C)c1cncc(CC2CCNCC2)c1. The molecule has 1 saturated heterocycles. The van der Waals surface area contributed by atoms with Gasteiger partial charge in [-0.1, -0.05) is 18.7 Å². The Morgan fingerprint density at radius 2 is 1.97 bits per heavy atom. The van der Waals surface area contributed by atoms with E-state index in [1.54, 1.807) is 12.4 Å². The summed E-state index contributed by atoms with van der Waals surface area (Å²) in [7, 11) is 0. The first-order valence-corrected chi connectivity index (χ1v) is 13.0. The van der Waals surface area contributed by atoms with Crippen LogP contribution < -0.4 is 15.9 Å². The van der Waals surface area contributed by atoms with Gasteiger partial charge in [-0.3, -0.25) is 20.1 Å². The molecule has 5 aromatic rings. The summed E-state index contributed by atoms with van der Waals surface area (Å²) >= 11 is 0. The Labute approximate surface area is 220 Å². The van der Waals surface area contributed by atoms with Crippen molar-refractivity contribution in [3.8, 4) is 22.9 Å². The van der Waals surface area contributed by atoms with E-state index in [2.05, 4.69) is 54.2 Å². The highest BCUT2D eigenvalue weighted by Gasteiger charge is 2.16. The Hall–Kier alpha value is -4.43. The molecule has 0 aliphatic carbocycles. The molecule has 0 aromatic carbocycles. The molecule has 0 spiro atoms. The van der Waals surface area contributed by atoms with Gasteiger partial charge >= 0.3 is 0 Å². The highest BCUT2D eigenvalue weighted by molar-refractivity contribution is 5.91. The molecule has 0 unspecified atom stereocenters. The highest BCUT2D eigenvalue weighted by atomic mass is 15.1. The molecule has 3 N–H and O–H groups in total. The molecular formula is C30H30N8. The maximum Gasteiger partial charge on any atom is 0.159 e. The van der Waals surface area contributed by atoms with Crippen LogP contribution in [0.2, 0.25) is 0 Å². The van der Waals surface area contributed by atoms with Crippen molar-refractivity contribution in [2.75, 3.05) is 13.1 Å². The average Bonchev–Trinajstić information content (AvgIpc) is 3.58. The molecule has 8 nitrogen and oxygen atoms in total. The number of piperidine rings is 1. The number of fused-ring (bicyclic) bond motifs is 1. The normalized spacial score (nSPS) is 15.4. The van der Waals surface area contributed by atoms with E-state index in [1.165, 1.54) is 18.4 Å². The lowest BCUT2D eigenvalue weighted by atomic mass is 9.91. The summed E-state index contributed by atoms with van der Waals surface area (Å²) < 4.78 is 0. The van der Waals surface area contributed by atoms with E-state index in [0.29, 0.717) is 11.7 Å². The van der Waals surface area contributed by atoms with Gasteiger partial charge < -0.3 is 10.3 Å². The van der Waals surface area contributed by atoms with Crippen LogP contribution in [0.3, 0.4) is 0 Å². The Morgan fingerprint density at radius 1 is 1.08 bits per heavy atom. The Kier molecular flexibility index (Phi) is 6.62. The summed E-state index contributed by atoms with van der Waals surface area (Å²) in [6.45, 7) is 8.56. The fourth-order valence-electron chi connectivity index (χ4n) is 5.10. The number of aromatic amines is 2. The summed E-state index contributed by atoms with van der Waals surface area (Å²) in [5, 5.41) is 13.0. The van der Waals surface area contributed by atoms with Gasteiger partial charge in [-0.2, -0.15) is 5.10 Å². The van der Waals surface area contributed by atoms with E-state index in [-0.39, 0.29) is 0 Å². The zero-order valence-corrected chi connectivity index (χ0v) is 21.4. The molecule has 1 fully saturated rings. The van der Waals surface area contributed by atoms with Crippen molar-refractivity contribution < 1.29 is 0 Å². The van der Waals surface area contributed by atoms with Crippen molar-refractivity contribution in [3.63, 3.8) is 0 Å². The summed E-state index contributed by atoms with van der Waals surface area (Å²) in [4.78, 5) is 21.9. The highest BCUT2D eigenvalue weighted by Crippen LogP contribution is 2.25. The van der Waals surface area contributed by atoms with Crippen LogP contribution in [0.4, 0.5) is 0 Å². The second-order valence-electron chi connectivity index (χ2n) is 9.69. The number of H-pyrrole nitrogens is 2. The van der Waals surface area contributed by atoms with Crippen LogP contribution in [-0.4, -0.2) is 48.2 Å². The number of aromatic nitrogens is 7. The van der Waals surface area contributed by atoms with Gasteiger partial charge in [0.25, 0.3) is 0 Å². The summed E-state index contributed by atoms with van der Waals surface area (Å²) in [6.07, 6.45) is 14.9. The molecule has 38 heavy (non-hydrogen) atoms. The molecule has 5 aromatic heterocycles. The van der Waals surface area contributed by atoms with E-state index in [1.807, 2.05) is 49.7 Å². The lowest BCUT2D eigenvalue weighted by molar-refractivity contribution is 0.372. The van der Waals surface area contributed by atoms with Crippen molar-refractivity contribution in [1.29, 1.82) is 0 Å². The zero-order valence-electron chi connectivity index (χ0n) is 21.4. The number of hydrogen-bond donors (Lipinski definition) is 3. The fourth-order valence-corrected chi connectivity index (χ4v) is 5.10. The fraction of sp³-hybridized carbons (Fsp3) is 0.233. The molecule has 1 aliphatic heterocycles. The van der Waals surface area contributed by atoms with Gasteiger partial charge in [-0.15, -0.1) is 0 Å². The van der Waals surface area contributed by atoms with Crippen LogP contribution in [0.15, 0.2) is 61.7 Å². The van der Waals surface area contributed by atoms with E-state index in [9.17, 15) is 0 Å². The molecule has 0 saturated carbocycles. The maximum atomic E-state index is 4.91. The Morgan fingerprint density at radius 3 is 2.79 bits per heavy atom. The third-order valence-electron chi connectivity index (χ3n) is 7.12.